The second-order valence-electron chi connectivity index (χ2n) is 9.91. The molecule has 0 amide bonds. The highest BCUT2D eigenvalue weighted by Crippen LogP contribution is 2.51. The predicted octanol–water partition coefficient (Wildman–Crippen LogP) is 5.07. The van der Waals surface area contributed by atoms with Crippen molar-refractivity contribution in [1.29, 1.82) is 0 Å². The number of rotatable bonds is 7. The second kappa shape index (κ2) is 10.3. The molecule has 39 heavy (non-hydrogen) atoms. The molecule has 5 rings (SSSR count). The van der Waals surface area contributed by atoms with E-state index in [1.807, 2.05) is 37.3 Å². The average Bonchev–Trinajstić information content (AvgIpc) is 3.29. The minimum Gasteiger partial charge on any atom is -0.464 e. The molecule has 1 fully saturated rings. The summed E-state index contributed by atoms with van der Waals surface area (Å²) in [6.45, 7) is 3.68. The van der Waals surface area contributed by atoms with Gasteiger partial charge < -0.3 is 9.47 Å². The van der Waals surface area contributed by atoms with Crippen molar-refractivity contribution in [3.05, 3.63) is 118 Å². The van der Waals surface area contributed by atoms with E-state index in [-0.39, 0.29) is 29.5 Å². The Morgan fingerprint density at radius 2 is 1.82 bits per heavy atom. The van der Waals surface area contributed by atoms with Gasteiger partial charge in [0.2, 0.25) is 15.8 Å². The van der Waals surface area contributed by atoms with E-state index >= 15 is 0 Å². The third kappa shape index (κ3) is 5.05. The van der Waals surface area contributed by atoms with Gasteiger partial charge in [-0.2, -0.15) is 4.31 Å². The molecule has 0 N–H and O–H groups in total. The number of aryl methyl sites for hydroxylation is 1. The van der Waals surface area contributed by atoms with E-state index in [4.69, 9.17) is 9.47 Å². The van der Waals surface area contributed by atoms with Gasteiger partial charge in [0.15, 0.2) is 5.72 Å². The molecular formula is C29H28N2O7S. The second-order valence-corrected chi connectivity index (χ2v) is 11.8. The fourth-order valence-electron chi connectivity index (χ4n) is 5.38. The lowest BCUT2D eigenvalue weighted by atomic mass is 9.78. The van der Waals surface area contributed by atoms with E-state index in [0.29, 0.717) is 12.0 Å². The molecule has 0 radical (unpaired) electrons. The molecule has 3 aromatic carbocycles. The molecule has 0 bridgehead atoms. The van der Waals surface area contributed by atoms with Crippen LogP contribution in [0.5, 0.6) is 0 Å². The molecule has 1 saturated heterocycles. The molecule has 3 aromatic rings. The maximum atomic E-state index is 13.8. The maximum absolute atomic E-state index is 13.8. The largest absolute Gasteiger partial charge is 0.464 e. The highest BCUT2D eigenvalue weighted by molar-refractivity contribution is 7.89. The first-order valence-corrected chi connectivity index (χ1v) is 14.0. The summed E-state index contributed by atoms with van der Waals surface area (Å²) in [6.07, 6.45) is 2.03. The fourth-order valence-corrected chi connectivity index (χ4v) is 7.11. The summed E-state index contributed by atoms with van der Waals surface area (Å²) in [5.41, 5.74) is 0.766. The Morgan fingerprint density at radius 3 is 2.51 bits per heavy atom. The third-order valence-electron chi connectivity index (χ3n) is 7.40. The molecule has 3 atom stereocenters. The van der Waals surface area contributed by atoms with Gasteiger partial charge in [0.1, 0.15) is 6.61 Å². The summed E-state index contributed by atoms with van der Waals surface area (Å²) >= 11 is 0. The van der Waals surface area contributed by atoms with Crippen LogP contribution in [0.25, 0.3) is 0 Å². The summed E-state index contributed by atoms with van der Waals surface area (Å²) in [4.78, 5) is 24.3. The highest BCUT2D eigenvalue weighted by atomic mass is 32.2. The SMILES string of the molecule is Cc1ccc(S(=O)(=O)N2CC[C@H]3[C@@H](c4cccc([N+](=O)[O-])c4)C=C(C(=O)OCc4ccccc4)O[C@]32C)cc1. The fraction of sp³-hybridized carbons (Fsp3) is 0.276. The number of carbonyl (C=O) groups is 1. The molecule has 0 spiro atoms. The third-order valence-corrected chi connectivity index (χ3v) is 9.39. The standard InChI is InChI=1S/C29H28N2O7S/c1-20-11-13-24(14-12-20)39(35,36)30-16-15-26-25(22-9-6-10-23(17-22)31(33)34)18-27(38-29(26,30)2)28(32)37-19-21-7-4-3-5-8-21/h3-14,17-18,25-26H,15-16,19H2,1-2H3/t25-,26+,29-/m1/s1. The topological polar surface area (TPSA) is 116 Å². The van der Waals surface area contributed by atoms with Crippen molar-refractivity contribution in [1.82, 2.24) is 4.31 Å². The summed E-state index contributed by atoms with van der Waals surface area (Å²) in [7, 11) is -4.00. The Balaban J connectivity index is 1.54. The number of nitro benzene ring substituents is 1. The van der Waals surface area contributed by atoms with E-state index in [1.165, 1.54) is 16.4 Å². The van der Waals surface area contributed by atoms with Crippen molar-refractivity contribution in [2.24, 2.45) is 5.92 Å². The van der Waals surface area contributed by atoms with Crippen LogP contribution in [-0.2, 0) is 30.9 Å². The number of carbonyl (C=O) groups excluding carboxylic acids is 1. The molecule has 0 aliphatic carbocycles. The summed E-state index contributed by atoms with van der Waals surface area (Å²) in [5.74, 6) is -1.81. The Labute approximate surface area is 226 Å². The number of nitro groups is 1. The number of sulfonamides is 1. The molecular weight excluding hydrogens is 520 g/mol. The van der Waals surface area contributed by atoms with Crippen molar-refractivity contribution in [2.45, 2.75) is 43.4 Å². The summed E-state index contributed by atoms with van der Waals surface area (Å²) < 4.78 is 40.6. The molecule has 0 aromatic heterocycles. The molecule has 2 aliphatic rings. The van der Waals surface area contributed by atoms with Gasteiger partial charge in [-0.25, -0.2) is 13.2 Å². The first-order chi connectivity index (χ1) is 18.6. The van der Waals surface area contributed by atoms with E-state index in [0.717, 1.165) is 11.1 Å². The van der Waals surface area contributed by atoms with Crippen LogP contribution in [-0.4, -0.2) is 35.9 Å². The van der Waals surface area contributed by atoms with Crippen molar-refractivity contribution in [3.63, 3.8) is 0 Å². The zero-order chi connectivity index (χ0) is 27.8. The van der Waals surface area contributed by atoms with Crippen molar-refractivity contribution in [3.8, 4) is 0 Å². The molecule has 2 heterocycles. The van der Waals surface area contributed by atoms with Crippen LogP contribution in [0.4, 0.5) is 5.69 Å². The van der Waals surface area contributed by atoms with Gasteiger partial charge in [-0.05, 0) is 49.6 Å². The van der Waals surface area contributed by atoms with Crippen LogP contribution in [0, 0.1) is 23.0 Å². The average molecular weight is 549 g/mol. The number of benzene rings is 3. The predicted molar refractivity (Wildman–Crippen MR) is 143 cm³/mol. The van der Waals surface area contributed by atoms with Crippen molar-refractivity contribution >= 4 is 21.7 Å². The van der Waals surface area contributed by atoms with E-state index in [2.05, 4.69) is 0 Å². The molecule has 0 saturated carbocycles. The number of esters is 1. The lowest BCUT2D eigenvalue weighted by Gasteiger charge is -2.44. The van der Waals surface area contributed by atoms with Gasteiger partial charge >= 0.3 is 5.97 Å². The van der Waals surface area contributed by atoms with E-state index < -0.39 is 38.5 Å². The normalized spacial score (nSPS) is 22.9. The van der Waals surface area contributed by atoms with Gasteiger partial charge in [-0.1, -0.05) is 60.2 Å². The van der Waals surface area contributed by atoms with Crippen LogP contribution < -0.4 is 0 Å². The van der Waals surface area contributed by atoms with Gasteiger partial charge in [-0.3, -0.25) is 10.1 Å². The number of non-ortho nitro benzene ring substituents is 1. The smallest absolute Gasteiger partial charge is 0.373 e. The molecule has 202 valence electrons. The van der Waals surface area contributed by atoms with E-state index in [1.54, 1.807) is 49.4 Å². The first-order valence-electron chi connectivity index (χ1n) is 12.6. The number of allylic oxidation sites excluding steroid dienone is 1. The van der Waals surface area contributed by atoms with Gasteiger partial charge in [-0.15, -0.1) is 0 Å². The highest BCUT2D eigenvalue weighted by Gasteiger charge is 2.58. The Kier molecular flexibility index (Phi) is 7.00. The van der Waals surface area contributed by atoms with Crippen LogP contribution in [0.3, 0.4) is 0 Å². The Bertz CT molecular complexity index is 1540. The first kappa shape index (κ1) is 26.6. The van der Waals surface area contributed by atoms with E-state index in [9.17, 15) is 23.3 Å². The maximum Gasteiger partial charge on any atom is 0.373 e. The number of hydrogen-bond acceptors (Lipinski definition) is 7. The van der Waals surface area contributed by atoms with Crippen molar-refractivity contribution < 1.29 is 27.6 Å². The lowest BCUT2D eigenvalue weighted by Crippen LogP contribution is -2.53. The van der Waals surface area contributed by atoms with Crippen molar-refractivity contribution in [2.75, 3.05) is 6.54 Å². The Morgan fingerprint density at radius 1 is 1.10 bits per heavy atom. The number of ether oxygens (including phenoxy) is 2. The Hall–Kier alpha value is -4.02. The molecule has 0 unspecified atom stereocenters. The minimum atomic E-state index is -4.00. The van der Waals surface area contributed by atoms with Gasteiger partial charge in [0.05, 0.1) is 9.82 Å². The van der Waals surface area contributed by atoms with Gasteiger partial charge in [0.25, 0.3) is 5.69 Å². The summed E-state index contributed by atoms with van der Waals surface area (Å²) in [6, 6.07) is 21.9. The summed E-state index contributed by atoms with van der Waals surface area (Å²) in [5, 5.41) is 11.5. The number of hydrogen-bond donors (Lipinski definition) is 0. The minimum absolute atomic E-state index is 0.00731. The zero-order valence-corrected chi connectivity index (χ0v) is 22.3. The zero-order valence-electron chi connectivity index (χ0n) is 21.5. The van der Waals surface area contributed by atoms with Crippen LogP contribution in [0.15, 0.2) is 95.6 Å². The van der Waals surface area contributed by atoms with Gasteiger partial charge in [0, 0.05) is 30.5 Å². The molecule has 9 nitrogen and oxygen atoms in total. The van der Waals surface area contributed by atoms with Crippen LogP contribution in [0.1, 0.15) is 36.0 Å². The lowest BCUT2D eigenvalue weighted by molar-refractivity contribution is -0.384. The number of fused-ring (bicyclic) bond motifs is 1. The van der Waals surface area contributed by atoms with Crippen LogP contribution in [0.2, 0.25) is 0 Å². The number of nitrogens with zero attached hydrogens (tertiary/aromatic N) is 2. The van der Waals surface area contributed by atoms with Crippen LogP contribution >= 0.6 is 0 Å². The molecule has 10 heteroatoms. The quantitative estimate of drug-likeness (QED) is 0.230. The monoisotopic (exact) mass is 548 g/mol. The molecule has 2 aliphatic heterocycles.